The van der Waals surface area contributed by atoms with E-state index in [2.05, 4.69) is 19.9 Å². The maximum absolute atomic E-state index is 13.3. The molecule has 0 amide bonds. The van der Waals surface area contributed by atoms with Gasteiger partial charge in [0.2, 0.25) is 11.9 Å². The Balaban J connectivity index is 2.13. The molecule has 0 atom stereocenters. The molecule has 0 spiro atoms. The maximum Gasteiger partial charge on any atom is 0.434 e. The molecular weight excluding hydrogens is 339 g/mol. The predicted molar refractivity (Wildman–Crippen MR) is 80.2 cm³/mol. The summed E-state index contributed by atoms with van der Waals surface area (Å²) in [6, 6.07) is 2.99. The van der Waals surface area contributed by atoms with Crippen LogP contribution in [-0.2, 0) is 10.9 Å². The summed E-state index contributed by atoms with van der Waals surface area (Å²) >= 11 is 0. The van der Waals surface area contributed by atoms with Crippen molar-refractivity contribution >= 4 is 11.9 Å². The number of morpholine rings is 1. The fourth-order valence-corrected chi connectivity index (χ4v) is 2.33. The topological polar surface area (TPSA) is 114 Å². The highest BCUT2D eigenvalue weighted by Crippen LogP contribution is 2.35. The van der Waals surface area contributed by atoms with Crippen LogP contribution in [0, 0.1) is 11.3 Å². The highest BCUT2D eigenvalue weighted by molar-refractivity contribution is 5.65. The molecule has 1 fully saturated rings. The zero-order valence-corrected chi connectivity index (χ0v) is 12.8. The van der Waals surface area contributed by atoms with Gasteiger partial charge >= 0.3 is 6.18 Å². The lowest BCUT2D eigenvalue weighted by atomic mass is 10.1. The van der Waals surface area contributed by atoms with Gasteiger partial charge in [0.05, 0.1) is 18.9 Å². The van der Waals surface area contributed by atoms with E-state index in [1.54, 1.807) is 4.90 Å². The van der Waals surface area contributed by atoms with Crippen molar-refractivity contribution in [1.29, 1.82) is 5.26 Å². The van der Waals surface area contributed by atoms with Crippen LogP contribution < -0.4 is 10.6 Å². The van der Waals surface area contributed by atoms with Crippen LogP contribution in [0.4, 0.5) is 25.1 Å². The predicted octanol–water partition coefficient (Wildman–Crippen LogP) is 1.24. The van der Waals surface area contributed by atoms with Gasteiger partial charge in [-0.2, -0.15) is 18.4 Å². The summed E-state index contributed by atoms with van der Waals surface area (Å²) in [5.41, 5.74) is 3.54. The molecule has 1 aliphatic heterocycles. The molecule has 3 heterocycles. The zero-order valence-electron chi connectivity index (χ0n) is 12.8. The van der Waals surface area contributed by atoms with Crippen LogP contribution in [0.2, 0.25) is 0 Å². The monoisotopic (exact) mass is 351 g/mol. The van der Waals surface area contributed by atoms with Gasteiger partial charge in [0, 0.05) is 30.9 Å². The molecule has 8 nitrogen and oxygen atoms in total. The van der Waals surface area contributed by atoms with Crippen LogP contribution in [0.25, 0.3) is 11.3 Å². The number of nitrogens with zero attached hydrogens (tertiary/aromatic N) is 6. The Labute approximate surface area is 140 Å². The first-order valence-corrected chi connectivity index (χ1v) is 7.20. The summed E-state index contributed by atoms with van der Waals surface area (Å²) < 4.78 is 45.0. The van der Waals surface area contributed by atoms with Crippen LogP contribution in [0.15, 0.2) is 12.3 Å². The van der Waals surface area contributed by atoms with Crippen molar-refractivity contribution < 1.29 is 17.9 Å². The van der Waals surface area contributed by atoms with Crippen LogP contribution in [0.5, 0.6) is 0 Å². The molecule has 2 N–H and O–H groups in total. The van der Waals surface area contributed by atoms with Gasteiger partial charge in [0.1, 0.15) is 11.8 Å². The third-order valence-corrected chi connectivity index (χ3v) is 3.47. The van der Waals surface area contributed by atoms with Crippen molar-refractivity contribution in [1.82, 2.24) is 19.9 Å². The van der Waals surface area contributed by atoms with E-state index in [1.165, 1.54) is 0 Å². The summed E-state index contributed by atoms with van der Waals surface area (Å²) in [6.07, 6.45) is -3.80. The van der Waals surface area contributed by atoms with Crippen LogP contribution in [0.3, 0.4) is 0 Å². The van der Waals surface area contributed by atoms with Gasteiger partial charge in [-0.05, 0) is 0 Å². The number of alkyl halides is 3. The molecule has 11 heteroatoms. The minimum Gasteiger partial charge on any atom is -0.378 e. The Morgan fingerprint density at radius 2 is 1.92 bits per heavy atom. The van der Waals surface area contributed by atoms with Gasteiger partial charge in [-0.15, -0.1) is 0 Å². The molecule has 1 saturated heterocycles. The summed E-state index contributed by atoms with van der Waals surface area (Å²) in [7, 11) is 0. The number of ether oxygens (including phenoxy) is 1. The molecule has 1 aliphatic rings. The van der Waals surface area contributed by atoms with E-state index in [9.17, 15) is 13.2 Å². The largest absolute Gasteiger partial charge is 0.434 e. The minimum absolute atomic E-state index is 0.0589. The van der Waals surface area contributed by atoms with Gasteiger partial charge in [0.25, 0.3) is 0 Å². The third-order valence-electron chi connectivity index (χ3n) is 3.47. The lowest BCUT2D eigenvalue weighted by molar-refractivity contribution is -0.140. The lowest BCUT2D eigenvalue weighted by Crippen LogP contribution is -2.37. The molecule has 25 heavy (non-hydrogen) atoms. The Morgan fingerprint density at radius 1 is 1.20 bits per heavy atom. The van der Waals surface area contributed by atoms with E-state index in [0.717, 1.165) is 12.3 Å². The van der Waals surface area contributed by atoms with E-state index in [-0.39, 0.29) is 22.9 Å². The summed E-state index contributed by atoms with van der Waals surface area (Å²) in [6.45, 7) is 1.82. The van der Waals surface area contributed by atoms with Crippen molar-refractivity contribution in [3.63, 3.8) is 0 Å². The molecule has 0 saturated carbocycles. The van der Waals surface area contributed by atoms with Crippen molar-refractivity contribution in [3.8, 4) is 17.3 Å². The second-order valence-electron chi connectivity index (χ2n) is 5.14. The number of hydrogen-bond acceptors (Lipinski definition) is 8. The number of rotatable bonds is 2. The average Bonchev–Trinajstić information content (AvgIpc) is 2.61. The maximum atomic E-state index is 13.3. The first-order valence-electron chi connectivity index (χ1n) is 7.20. The smallest absolute Gasteiger partial charge is 0.378 e. The number of aromatic nitrogens is 4. The van der Waals surface area contributed by atoms with Crippen molar-refractivity contribution in [2.45, 2.75) is 6.18 Å². The Hall–Kier alpha value is -3.00. The van der Waals surface area contributed by atoms with Gasteiger partial charge in [-0.25, -0.2) is 19.9 Å². The molecule has 130 valence electrons. The first-order chi connectivity index (χ1) is 11.9. The van der Waals surface area contributed by atoms with Gasteiger partial charge in [-0.1, -0.05) is 0 Å². The lowest BCUT2D eigenvalue weighted by Gasteiger charge is -2.27. The number of nitrogen functional groups attached to an aromatic ring is 1. The fourth-order valence-electron chi connectivity index (χ4n) is 2.33. The van der Waals surface area contributed by atoms with Crippen LogP contribution >= 0.6 is 0 Å². The molecule has 2 aromatic rings. The van der Waals surface area contributed by atoms with Crippen molar-refractivity contribution in [2.75, 3.05) is 36.9 Å². The second kappa shape index (κ2) is 6.48. The Morgan fingerprint density at radius 3 is 2.56 bits per heavy atom. The first kappa shape index (κ1) is 16.8. The van der Waals surface area contributed by atoms with Gasteiger partial charge in [-0.3, -0.25) is 0 Å². The number of anilines is 2. The quantitative estimate of drug-likeness (QED) is 0.860. The fraction of sp³-hybridized carbons (Fsp3) is 0.357. The molecular formula is C14H12F3N7O. The molecule has 0 radical (unpaired) electrons. The van der Waals surface area contributed by atoms with E-state index in [0.29, 0.717) is 26.3 Å². The van der Waals surface area contributed by atoms with Gasteiger partial charge < -0.3 is 15.4 Å². The molecule has 0 bridgehead atoms. The van der Waals surface area contributed by atoms with Crippen molar-refractivity contribution in [2.24, 2.45) is 0 Å². The number of nitrogens with two attached hydrogens (primary N) is 1. The van der Waals surface area contributed by atoms with E-state index >= 15 is 0 Å². The molecule has 0 aromatic carbocycles. The molecule has 0 unspecified atom stereocenters. The Kier molecular flexibility index (Phi) is 4.37. The molecule has 3 rings (SSSR count). The van der Waals surface area contributed by atoms with E-state index < -0.39 is 17.8 Å². The average molecular weight is 351 g/mol. The minimum atomic E-state index is -4.75. The standard InChI is InChI=1S/C14H12F3N7O/c15-14(16,17)11-9(7-20-12(19)23-11)10-5-8(6-18)21-13(22-10)24-1-3-25-4-2-24/h5,7H,1-4H2,(H2,19,20,23). The van der Waals surface area contributed by atoms with Crippen molar-refractivity contribution in [3.05, 3.63) is 23.7 Å². The van der Waals surface area contributed by atoms with Gasteiger partial charge in [0.15, 0.2) is 5.69 Å². The van der Waals surface area contributed by atoms with Crippen LogP contribution in [0.1, 0.15) is 11.4 Å². The second-order valence-corrected chi connectivity index (χ2v) is 5.14. The zero-order chi connectivity index (χ0) is 18.0. The third kappa shape index (κ3) is 3.58. The number of halogens is 3. The number of hydrogen-bond donors (Lipinski definition) is 1. The summed E-state index contributed by atoms with van der Waals surface area (Å²) in [5, 5.41) is 9.15. The van der Waals surface area contributed by atoms with Crippen LogP contribution in [-0.4, -0.2) is 46.2 Å². The highest BCUT2D eigenvalue weighted by atomic mass is 19.4. The summed E-state index contributed by atoms with van der Waals surface area (Å²) in [5.74, 6) is -0.346. The normalized spacial score (nSPS) is 15.0. The summed E-state index contributed by atoms with van der Waals surface area (Å²) in [4.78, 5) is 16.9. The van der Waals surface area contributed by atoms with E-state index in [4.69, 9.17) is 15.7 Å². The molecule has 2 aromatic heterocycles. The van der Waals surface area contributed by atoms with E-state index in [1.807, 2.05) is 6.07 Å². The molecule has 0 aliphatic carbocycles. The number of nitriles is 1. The SMILES string of the molecule is N#Cc1cc(-c2cnc(N)nc2C(F)(F)F)nc(N2CCOCC2)n1. The Bertz CT molecular complexity index is 828. The highest BCUT2D eigenvalue weighted by Gasteiger charge is 2.37.